The highest BCUT2D eigenvalue weighted by Gasteiger charge is 1.99. The summed E-state index contributed by atoms with van der Waals surface area (Å²) in [6.45, 7) is 2.10. The number of nitrogens with one attached hydrogen (secondary N) is 1. The van der Waals surface area contributed by atoms with E-state index in [1.807, 2.05) is 24.3 Å². The maximum absolute atomic E-state index is 5.84. The number of anilines is 2. The lowest BCUT2D eigenvalue weighted by atomic mass is 10.2. The van der Waals surface area contributed by atoms with Gasteiger partial charge < -0.3 is 5.32 Å². The Morgan fingerprint density at radius 2 is 1.75 bits per heavy atom. The maximum atomic E-state index is 5.84. The minimum atomic E-state index is 0.755. The van der Waals surface area contributed by atoms with Gasteiger partial charge in [0.25, 0.3) is 0 Å². The van der Waals surface area contributed by atoms with Gasteiger partial charge in [-0.3, -0.25) is 0 Å². The van der Waals surface area contributed by atoms with E-state index in [1.54, 1.807) is 0 Å². The molecule has 2 aromatic carbocycles. The van der Waals surface area contributed by atoms with Crippen molar-refractivity contribution in [1.82, 2.24) is 0 Å². The topological polar surface area (TPSA) is 12.0 Å². The zero-order chi connectivity index (χ0) is 11.5. The molecule has 2 rings (SSSR count). The van der Waals surface area contributed by atoms with Gasteiger partial charge in [-0.2, -0.15) is 0 Å². The van der Waals surface area contributed by atoms with Crippen molar-refractivity contribution in [2.45, 2.75) is 6.92 Å². The predicted octanol–water partition coefficient (Wildman–Crippen LogP) is 5.00. The Kier molecular flexibility index (Phi) is 3.71. The summed E-state index contributed by atoms with van der Waals surface area (Å²) in [7, 11) is 0. The van der Waals surface area contributed by atoms with Gasteiger partial charge in [0.15, 0.2) is 0 Å². The zero-order valence-corrected chi connectivity index (χ0v) is 11.7. The lowest BCUT2D eigenvalue weighted by Crippen LogP contribution is -1.93. The third-order valence-corrected chi connectivity index (χ3v) is 3.23. The van der Waals surface area contributed by atoms with Crippen molar-refractivity contribution in [2.24, 2.45) is 0 Å². The standard InChI is InChI=1S/C13H11ClIN/c1-9-8-11(15)4-7-13(9)16-12-5-2-10(14)3-6-12/h2-8,16H,1H3. The highest BCUT2D eigenvalue weighted by molar-refractivity contribution is 14.1. The average Bonchev–Trinajstić information content (AvgIpc) is 2.25. The SMILES string of the molecule is Cc1cc(I)ccc1Nc1ccc(Cl)cc1. The van der Waals surface area contributed by atoms with Gasteiger partial charge in [-0.1, -0.05) is 11.6 Å². The first-order valence-electron chi connectivity index (χ1n) is 4.94. The van der Waals surface area contributed by atoms with E-state index in [1.165, 1.54) is 9.13 Å². The molecule has 0 radical (unpaired) electrons. The van der Waals surface area contributed by atoms with Crippen molar-refractivity contribution in [3.05, 3.63) is 56.6 Å². The molecule has 0 amide bonds. The third-order valence-electron chi connectivity index (χ3n) is 2.31. The summed E-state index contributed by atoms with van der Waals surface area (Å²) in [5, 5.41) is 4.12. The summed E-state index contributed by atoms with van der Waals surface area (Å²) < 4.78 is 1.25. The minimum absolute atomic E-state index is 0.755. The van der Waals surface area contributed by atoms with Crippen LogP contribution in [0.2, 0.25) is 5.02 Å². The van der Waals surface area contributed by atoms with Crippen LogP contribution < -0.4 is 5.32 Å². The Bertz CT molecular complexity index is 494. The average molecular weight is 344 g/mol. The van der Waals surface area contributed by atoms with Gasteiger partial charge >= 0.3 is 0 Å². The molecule has 0 fully saturated rings. The molecule has 0 aromatic heterocycles. The Morgan fingerprint density at radius 1 is 1.06 bits per heavy atom. The van der Waals surface area contributed by atoms with Gasteiger partial charge in [0.1, 0.15) is 0 Å². The van der Waals surface area contributed by atoms with Gasteiger partial charge in [-0.15, -0.1) is 0 Å². The number of rotatable bonds is 2. The van der Waals surface area contributed by atoms with Crippen molar-refractivity contribution < 1.29 is 0 Å². The summed E-state index contributed by atoms with van der Waals surface area (Å²) in [6, 6.07) is 14.0. The van der Waals surface area contributed by atoms with Crippen molar-refractivity contribution in [3.8, 4) is 0 Å². The third kappa shape index (κ3) is 2.89. The molecule has 0 spiro atoms. The molecule has 3 heteroatoms. The van der Waals surface area contributed by atoms with E-state index >= 15 is 0 Å². The number of hydrogen-bond acceptors (Lipinski definition) is 1. The van der Waals surface area contributed by atoms with Gasteiger partial charge in [0.2, 0.25) is 0 Å². The van der Waals surface area contributed by atoms with Crippen LogP contribution in [-0.4, -0.2) is 0 Å². The summed E-state index contributed by atoms with van der Waals surface area (Å²) in [4.78, 5) is 0. The van der Waals surface area contributed by atoms with E-state index in [2.05, 4.69) is 53.0 Å². The van der Waals surface area contributed by atoms with Crippen LogP contribution in [0.3, 0.4) is 0 Å². The highest BCUT2D eigenvalue weighted by Crippen LogP contribution is 2.23. The molecule has 0 aliphatic heterocycles. The fourth-order valence-electron chi connectivity index (χ4n) is 1.46. The van der Waals surface area contributed by atoms with Crippen LogP contribution >= 0.6 is 34.2 Å². The van der Waals surface area contributed by atoms with Crippen LogP contribution in [-0.2, 0) is 0 Å². The van der Waals surface area contributed by atoms with Gasteiger partial charge in [0.05, 0.1) is 0 Å². The van der Waals surface area contributed by atoms with Crippen LogP contribution in [0, 0.1) is 10.5 Å². The molecule has 1 nitrogen and oxygen atoms in total. The van der Waals surface area contributed by atoms with Gasteiger partial charge in [-0.25, -0.2) is 0 Å². The first-order chi connectivity index (χ1) is 7.65. The monoisotopic (exact) mass is 343 g/mol. The van der Waals surface area contributed by atoms with Crippen molar-refractivity contribution in [3.63, 3.8) is 0 Å². The first-order valence-corrected chi connectivity index (χ1v) is 6.39. The van der Waals surface area contributed by atoms with Crippen molar-refractivity contribution in [2.75, 3.05) is 5.32 Å². The first kappa shape index (κ1) is 11.7. The second-order valence-electron chi connectivity index (χ2n) is 3.59. The molecule has 0 unspecified atom stereocenters. The lowest BCUT2D eigenvalue weighted by Gasteiger charge is -2.09. The van der Waals surface area contributed by atoms with Crippen LogP contribution in [0.5, 0.6) is 0 Å². The number of benzene rings is 2. The lowest BCUT2D eigenvalue weighted by molar-refractivity contribution is 1.41. The van der Waals surface area contributed by atoms with Gasteiger partial charge in [-0.05, 0) is 77.5 Å². The number of aryl methyl sites for hydroxylation is 1. The molecule has 16 heavy (non-hydrogen) atoms. The van der Waals surface area contributed by atoms with Gasteiger partial charge in [0, 0.05) is 20.0 Å². The molecule has 0 saturated carbocycles. The van der Waals surface area contributed by atoms with E-state index in [4.69, 9.17) is 11.6 Å². The van der Waals surface area contributed by atoms with E-state index < -0.39 is 0 Å². The zero-order valence-electron chi connectivity index (χ0n) is 8.80. The Hall–Kier alpha value is -0.740. The molecule has 0 bridgehead atoms. The summed E-state index contributed by atoms with van der Waals surface area (Å²) >= 11 is 8.15. The molecule has 0 aliphatic carbocycles. The largest absolute Gasteiger partial charge is 0.355 e. The van der Waals surface area contributed by atoms with Crippen molar-refractivity contribution >= 4 is 45.6 Å². The maximum Gasteiger partial charge on any atom is 0.0414 e. The molecular weight excluding hydrogens is 333 g/mol. The van der Waals surface area contributed by atoms with Crippen LogP contribution in [0.4, 0.5) is 11.4 Å². The fourth-order valence-corrected chi connectivity index (χ4v) is 2.23. The van der Waals surface area contributed by atoms with E-state index in [0.29, 0.717) is 0 Å². The van der Waals surface area contributed by atoms with Crippen LogP contribution in [0.15, 0.2) is 42.5 Å². The summed E-state index contributed by atoms with van der Waals surface area (Å²) in [6.07, 6.45) is 0. The Balaban J connectivity index is 2.23. The minimum Gasteiger partial charge on any atom is -0.355 e. The fraction of sp³-hybridized carbons (Fsp3) is 0.0769. The Labute approximate surface area is 114 Å². The van der Waals surface area contributed by atoms with E-state index in [-0.39, 0.29) is 0 Å². The Morgan fingerprint density at radius 3 is 2.38 bits per heavy atom. The molecular formula is C13H11ClIN. The highest BCUT2D eigenvalue weighted by atomic mass is 127. The molecule has 0 heterocycles. The molecule has 0 atom stereocenters. The van der Waals surface area contributed by atoms with Crippen LogP contribution in [0.1, 0.15) is 5.56 Å². The van der Waals surface area contributed by atoms with Crippen LogP contribution in [0.25, 0.3) is 0 Å². The summed E-state index contributed by atoms with van der Waals surface area (Å²) in [5.74, 6) is 0. The smallest absolute Gasteiger partial charge is 0.0414 e. The predicted molar refractivity (Wildman–Crippen MR) is 78.6 cm³/mol. The second kappa shape index (κ2) is 5.06. The molecule has 0 saturated heterocycles. The number of hydrogen-bond donors (Lipinski definition) is 1. The normalized spacial score (nSPS) is 10.2. The molecule has 0 aliphatic rings. The number of halogens is 2. The van der Waals surface area contributed by atoms with Crippen molar-refractivity contribution in [1.29, 1.82) is 0 Å². The molecule has 2 aromatic rings. The summed E-state index contributed by atoms with van der Waals surface area (Å²) in [5.41, 5.74) is 3.42. The molecule has 82 valence electrons. The molecule has 1 N–H and O–H groups in total. The quantitative estimate of drug-likeness (QED) is 0.757. The second-order valence-corrected chi connectivity index (χ2v) is 5.27. The van der Waals surface area contributed by atoms with E-state index in [0.717, 1.165) is 16.4 Å². The van der Waals surface area contributed by atoms with E-state index in [9.17, 15) is 0 Å².